The third-order valence-corrected chi connectivity index (χ3v) is 9.74. The van der Waals surface area contributed by atoms with Crippen LogP contribution in [0.3, 0.4) is 0 Å². The Balaban J connectivity index is 1.42. The highest BCUT2D eigenvalue weighted by Gasteiger charge is 2.33. The molecule has 2 heterocycles. The molecule has 0 aliphatic carbocycles. The normalized spacial score (nSPS) is 14.2. The molecule has 1 aromatic heterocycles. The largest absolute Gasteiger partial charge is 0.465 e. The number of anilines is 1. The number of piperazine rings is 1. The van der Waals surface area contributed by atoms with E-state index in [-0.39, 0.29) is 29.1 Å². The minimum absolute atomic E-state index is 0.000694. The van der Waals surface area contributed by atoms with Gasteiger partial charge in [0.2, 0.25) is 10.0 Å². The van der Waals surface area contributed by atoms with Crippen molar-refractivity contribution < 1.29 is 17.9 Å². The number of carbonyl (C=O) groups excluding carboxylic acids is 1. The molecule has 11 heteroatoms. The van der Waals surface area contributed by atoms with Crippen LogP contribution in [0.5, 0.6) is 0 Å². The van der Waals surface area contributed by atoms with E-state index in [1.54, 1.807) is 18.3 Å². The van der Waals surface area contributed by atoms with Crippen LogP contribution in [0.4, 0.5) is 5.69 Å². The number of ether oxygens (including phenoxy) is 1. The van der Waals surface area contributed by atoms with E-state index in [4.69, 9.17) is 4.74 Å². The second kappa shape index (κ2) is 12.1. The molecule has 1 aliphatic heterocycles. The third-order valence-electron chi connectivity index (χ3n) is 6.63. The maximum atomic E-state index is 13.7. The highest BCUT2D eigenvalue weighted by atomic mass is 32.2. The highest BCUT2D eigenvalue weighted by molar-refractivity contribution is 7.98. The number of esters is 1. The Morgan fingerprint density at radius 3 is 2.20 bits per heavy atom. The molecule has 1 fully saturated rings. The highest BCUT2D eigenvalue weighted by Crippen LogP contribution is 2.31. The number of aromatic nitrogens is 2. The summed E-state index contributed by atoms with van der Waals surface area (Å²) in [6, 6.07) is 25.2. The Morgan fingerprint density at radius 1 is 0.900 bits per heavy atom. The van der Waals surface area contributed by atoms with E-state index in [9.17, 15) is 18.0 Å². The van der Waals surface area contributed by atoms with Crippen LogP contribution in [0.15, 0.2) is 106 Å². The molecule has 3 aromatic carbocycles. The second-order valence-electron chi connectivity index (χ2n) is 9.06. The molecule has 0 unspecified atom stereocenters. The summed E-state index contributed by atoms with van der Waals surface area (Å²) in [7, 11) is -2.72. The molecule has 9 nitrogen and oxygen atoms in total. The fourth-order valence-electron chi connectivity index (χ4n) is 4.55. The van der Waals surface area contributed by atoms with E-state index in [2.05, 4.69) is 5.10 Å². The second-order valence-corrected chi connectivity index (χ2v) is 12.0. The van der Waals surface area contributed by atoms with Crippen LogP contribution < -0.4 is 10.5 Å². The summed E-state index contributed by atoms with van der Waals surface area (Å²) in [5.74, 6) is -0.108. The lowest BCUT2D eigenvalue weighted by atomic mass is 10.2. The first-order valence-electron chi connectivity index (χ1n) is 12.7. The van der Waals surface area contributed by atoms with Crippen molar-refractivity contribution in [1.29, 1.82) is 0 Å². The smallest absolute Gasteiger partial charge is 0.339 e. The number of nitrogens with zero attached hydrogens (tertiary/aromatic N) is 4. The Morgan fingerprint density at radius 2 is 1.52 bits per heavy atom. The quantitative estimate of drug-likeness (QED) is 0.231. The van der Waals surface area contributed by atoms with Gasteiger partial charge in [-0.25, -0.2) is 13.2 Å². The van der Waals surface area contributed by atoms with Gasteiger partial charge in [0.15, 0.2) is 0 Å². The first-order valence-corrected chi connectivity index (χ1v) is 15.1. The lowest BCUT2D eigenvalue weighted by Gasteiger charge is -2.36. The van der Waals surface area contributed by atoms with Gasteiger partial charge in [0.1, 0.15) is 4.90 Å². The summed E-state index contributed by atoms with van der Waals surface area (Å²) >= 11 is 1.44. The lowest BCUT2D eigenvalue weighted by molar-refractivity contribution is 0.0596. The van der Waals surface area contributed by atoms with Gasteiger partial charge in [-0.2, -0.15) is 14.1 Å². The van der Waals surface area contributed by atoms with Crippen LogP contribution in [0.1, 0.15) is 15.9 Å². The molecular formula is C29H28N4O5S2. The molecule has 0 saturated carbocycles. The number of thioether (sulfide) groups is 1. The van der Waals surface area contributed by atoms with Crippen molar-refractivity contribution in [2.75, 3.05) is 38.2 Å². The van der Waals surface area contributed by atoms with Gasteiger partial charge in [-0.1, -0.05) is 60.7 Å². The first-order chi connectivity index (χ1) is 19.4. The molecule has 0 radical (unpaired) electrons. The van der Waals surface area contributed by atoms with Gasteiger partial charge >= 0.3 is 5.97 Å². The van der Waals surface area contributed by atoms with Crippen LogP contribution in [0.2, 0.25) is 0 Å². The van der Waals surface area contributed by atoms with Crippen molar-refractivity contribution in [3.63, 3.8) is 0 Å². The molecule has 4 aromatic rings. The average molecular weight is 577 g/mol. The van der Waals surface area contributed by atoms with Crippen molar-refractivity contribution in [3.8, 4) is 5.69 Å². The molecule has 0 spiro atoms. The number of rotatable bonds is 8. The fraction of sp³-hybridized carbons (Fsp3) is 0.207. The molecule has 1 aliphatic rings. The number of carbonyl (C=O) groups is 1. The van der Waals surface area contributed by atoms with Crippen LogP contribution in [0, 0.1) is 0 Å². The third kappa shape index (κ3) is 5.67. The fourth-order valence-corrected chi connectivity index (χ4v) is 7.20. The molecule has 0 amide bonds. The molecule has 206 valence electrons. The van der Waals surface area contributed by atoms with Crippen molar-refractivity contribution in [2.45, 2.75) is 15.5 Å². The molecular weight excluding hydrogens is 548 g/mol. The summed E-state index contributed by atoms with van der Waals surface area (Å²) < 4.78 is 34.5. The van der Waals surface area contributed by atoms with E-state index >= 15 is 0 Å². The van der Waals surface area contributed by atoms with Crippen LogP contribution >= 0.6 is 11.8 Å². The Hall–Kier alpha value is -3.93. The van der Waals surface area contributed by atoms with Crippen molar-refractivity contribution in [2.24, 2.45) is 0 Å². The van der Waals surface area contributed by atoms with Crippen molar-refractivity contribution in [3.05, 3.63) is 113 Å². The summed E-state index contributed by atoms with van der Waals surface area (Å²) in [4.78, 5) is 28.4. The minimum atomic E-state index is -3.94. The number of para-hydroxylation sites is 1. The van der Waals surface area contributed by atoms with Crippen LogP contribution in [0.25, 0.3) is 5.69 Å². The molecule has 0 N–H and O–H groups in total. The zero-order valence-electron chi connectivity index (χ0n) is 21.8. The SMILES string of the molecule is COC(=O)c1ccccc1S(=O)(=O)N1CCN(c2cnn(-c3ccccc3)c(=O)c2SCc2ccccc2)CC1. The standard InChI is InChI=1S/C29H28N4O5S2/c1-38-29(35)24-14-8-9-15-26(24)40(36,37)32-18-16-31(17-19-32)25-20-30-33(23-12-6-3-7-13-23)28(34)27(25)39-21-22-10-4-2-5-11-22/h2-15,20H,16-19,21H2,1H3. The van der Waals surface area contributed by atoms with Crippen LogP contribution in [-0.2, 0) is 20.5 Å². The molecule has 1 saturated heterocycles. The molecule has 5 rings (SSSR count). The zero-order chi connectivity index (χ0) is 28.1. The molecule has 0 atom stereocenters. The maximum absolute atomic E-state index is 13.7. The predicted molar refractivity (Wildman–Crippen MR) is 155 cm³/mol. The molecule has 0 bridgehead atoms. The average Bonchev–Trinajstić information content (AvgIpc) is 3.01. The van der Waals surface area contributed by atoms with E-state index in [0.29, 0.717) is 35.1 Å². The monoisotopic (exact) mass is 576 g/mol. The van der Waals surface area contributed by atoms with Gasteiger partial charge in [-0.05, 0) is 29.8 Å². The zero-order valence-corrected chi connectivity index (χ0v) is 23.5. The van der Waals surface area contributed by atoms with Gasteiger partial charge in [-0.15, -0.1) is 11.8 Å². The summed E-state index contributed by atoms with van der Waals surface area (Å²) in [6.45, 7) is 1.08. The van der Waals surface area contributed by atoms with Crippen molar-refractivity contribution >= 4 is 33.4 Å². The minimum Gasteiger partial charge on any atom is -0.465 e. The van der Waals surface area contributed by atoms with E-state index < -0.39 is 16.0 Å². The number of methoxy groups -OCH3 is 1. The number of hydrogen-bond acceptors (Lipinski definition) is 8. The van der Waals surface area contributed by atoms with E-state index in [1.165, 1.54) is 40.0 Å². The lowest BCUT2D eigenvalue weighted by Crippen LogP contribution is -2.49. The van der Waals surface area contributed by atoms with Gasteiger partial charge in [0.25, 0.3) is 5.56 Å². The topological polar surface area (TPSA) is 102 Å². The van der Waals surface area contributed by atoms with Crippen LogP contribution in [-0.4, -0.2) is 61.8 Å². The first kappa shape index (κ1) is 27.6. The maximum Gasteiger partial charge on any atom is 0.339 e. The van der Waals surface area contributed by atoms with E-state index in [1.807, 2.05) is 65.6 Å². The Bertz CT molecular complexity index is 1650. The van der Waals surface area contributed by atoms with Gasteiger partial charge in [0, 0.05) is 31.9 Å². The van der Waals surface area contributed by atoms with Gasteiger partial charge in [-0.3, -0.25) is 4.79 Å². The number of benzene rings is 3. The van der Waals surface area contributed by atoms with Crippen molar-refractivity contribution in [1.82, 2.24) is 14.1 Å². The number of sulfonamides is 1. The summed E-state index contributed by atoms with van der Waals surface area (Å²) in [5.41, 5.74) is 2.19. The van der Waals surface area contributed by atoms with Gasteiger partial charge < -0.3 is 9.64 Å². The predicted octanol–water partition coefficient (Wildman–Crippen LogP) is 3.82. The Labute approximate surface area is 237 Å². The van der Waals surface area contributed by atoms with Gasteiger partial charge in [0.05, 0.1) is 35.1 Å². The summed E-state index contributed by atoms with van der Waals surface area (Å²) in [5, 5.41) is 4.46. The molecule has 40 heavy (non-hydrogen) atoms. The summed E-state index contributed by atoms with van der Waals surface area (Å²) in [6.07, 6.45) is 1.68. The number of hydrogen-bond donors (Lipinski definition) is 0. The Kier molecular flexibility index (Phi) is 8.34. The van der Waals surface area contributed by atoms with E-state index in [0.717, 1.165) is 5.56 Å².